The molecule has 0 saturated carbocycles. The summed E-state index contributed by atoms with van der Waals surface area (Å²) in [6.45, 7) is 0.531. The second-order valence-corrected chi connectivity index (χ2v) is 6.59. The maximum absolute atomic E-state index is 11.8. The molecule has 0 aliphatic rings. The van der Waals surface area contributed by atoms with Gasteiger partial charge in [-0.1, -0.05) is 12.1 Å². The van der Waals surface area contributed by atoms with E-state index in [1.54, 1.807) is 24.5 Å². The van der Waals surface area contributed by atoms with Crippen molar-refractivity contribution in [3.8, 4) is 0 Å². The van der Waals surface area contributed by atoms with Crippen LogP contribution >= 0.6 is 27.3 Å². The molecule has 1 amide bonds. The Balaban J connectivity index is 1.97. The lowest BCUT2D eigenvalue weighted by molar-refractivity contribution is -0.111. The van der Waals surface area contributed by atoms with Crippen molar-refractivity contribution in [1.82, 2.24) is 0 Å². The molecule has 0 atom stereocenters. The number of benzene rings is 1. The van der Waals surface area contributed by atoms with Gasteiger partial charge in [-0.3, -0.25) is 4.79 Å². The van der Waals surface area contributed by atoms with Gasteiger partial charge >= 0.3 is 0 Å². The van der Waals surface area contributed by atoms with Crippen LogP contribution in [0.25, 0.3) is 6.08 Å². The van der Waals surface area contributed by atoms with E-state index >= 15 is 0 Å². The molecule has 2 rings (SSSR count). The van der Waals surface area contributed by atoms with Crippen LogP contribution in [0.15, 0.2) is 46.3 Å². The molecule has 0 bridgehead atoms. The molecule has 1 aromatic carbocycles. The summed E-state index contributed by atoms with van der Waals surface area (Å²) in [7, 11) is 1.65. The maximum atomic E-state index is 11.8. The summed E-state index contributed by atoms with van der Waals surface area (Å²) in [6, 6.07) is 11.5. The molecule has 1 N–H and O–H groups in total. The molecule has 0 aliphatic carbocycles. The Labute approximate surface area is 130 Å². The van der Waals surface area contributed by atoms with Gasteiger partial charge in [0.2, 0.25) is 5.91 Å². The third-order valence-corrected chi connectivity index (χ3v) is 4.09. The number of rotatable bonds is 5. The highest BCUT2D eigenvalue weighted by Gasteiger charge is 2.00. The molecule has 20 heavy (non-hydrogen) atoms. The fraction of sp³-hybridized carbons (Fsp3) is 0.133. The van der Waals surface area contributed by atoms with Crippen molar-refractivity contribution in [3.05, 3.63) is 56.7 Å². The lowest BCUT2D eigenvalue weighted by Crippen LogP contribution is -2.07. The van der Waals surface area contributed by atoms with Gasteiger partial charge in [-0.05, 0) is 51.8 Å². The highest BCUT2D eigenvalue weighted by molar-refractivity contribution is 9.11. The van der Waals surface area contributed by atoms with Gasteiger partial charge in [0.15, 0.2) is 0 Å². The van der Waals surface area contributed by atoms with Crippen LogP contribution in [0.1, 0.15) is 10.4 Å². The number of hydrogen-bond donors (Lipinski definition) is 1. The van der Waals surface area contributed by atoms with Crippen LogP contribution < -0.4 is 5.32 Å². The molecule has 0 saturated heterocycles. The van der Waals surface area contributed by atoms with E-state index in [0.29, 0.717) is 6.61 Å². The van der Waals surface area contributed by atoms with Crippen LogP contribution in [0.2, 0.25) is 0 Å². The van der Waals surface area contributed by atoms with E-state index in [4.69, 9.17) is 4.74 Å². The fourth-order valence-electron chi connectivity index (χ4n) is 1.67. The summed E-state index contributed by atoms with van der Waals surface area (Å²) >= 11 is 4.97. The van der Waals surface area contributed by atoms with Crippen molar-refractivity contribution in [2.24, 2.45) is 0 Å². The molecule has 1 heterocycles. The quantitative estimate of drug-likeness (QED) is 0.815. The Morgan fingerprint density at radius 2 is 2.25 bits per heavy atom. The monoisotopic (exact) mass is 351 g/mol. The van der Waals surface area contributed by atoms with Crippen molar-refractivity contribution < 1.29 is 9.53 Å². The van der Waals surface area contributed by atoms with Crippen LogP contribution in [0.5, 0.6) is 0 Å². The number of carbonyl (C=O) groups excluding carboxylic acids is 1. The molecular formula is C15H14BrNO2S. The minimum atomic E-state index is -0.149. The number of thiophene rings is 1. The van der Waals surface area contributed by atoms with Crippen molar-refractivity contribution in [1.29, 1.82) is 0 Å². The van der Waals surface area contributed by atoms with E-state index in [1.165, 1.54) is 6.08 Å². The second kappa shape index (κ2) is 7.38. The Kier molecular flexibility index (Phi) is 5.52. The number of amides is 1. The van der Waals surface area contributed by atoms with Gasteiger partial charge in [-0.15, -0.1) is 11.3 Å². The second-order valence-electron chi connectivity index (χ2n) is 4.10. The van der Waals surface area contributed by atoms with Crippen LogP contribution in [0.3, 0.4) is 0 Å². The molecule has 5 heteroatoms. The summed E-state index contributed by atoms with van der Waals surface area (Å²) < 4.78 is 6.11. The molecule has 3 nitrogen and oxygen atoms in total. The summed E-state index contributed by atoms with van der Waals surface area (Å²) in [5, 5.41) is 2.83. The SMILES string of the molecule is COCc1cccc(NC(=O)/C=C/c2ccc(Br)s2)c1. The van der Waals surface area contributed by atoms with E-state index in [0.717, 1.165) is 19.9 Å². The number of anilines is 1. The Morgan fingerprint density at radius 3 is 2.95 bits per heavy atom. The van der Waals surface area contributed by atoms with Gasteiger partial charge in [0, 0.05) is 23.8 Å². The van der Waals surface area contributed by atoms with Gasteiger partial charge in [0.25, 0.3) is 0 Å². The zero-order chi connectivity index (χ0) is 14.4. The third kappa shape index (κ3) is 4.59. The molecule has 2 aromatic rings. The summed E-state index contributed by atoms with van der Waals surface area (Å²) in [5.41, 5.74) is 1.79. The van der Waals surface area contributed by atoms with E-state index in [2.05, 4.69) is 21.2 Å². The van der Waals surface area contributed by atoms with Gasteiger partial charge in [-0.2, -0.15) is 0 Å². The molecule has 0 fully saturated rings. The Morgan fingerprint density at radius 1 is 1.40 bits per heavy atom. The standard InChI is InChI=1S/C15H14BrNO2S/c1-19-10-11-3-2-4-12(9-11)17-15(18)8-6-13-5-7-14(16)20-13/h2-9H,10H2,1H3,(H,17,18)/b8-6+. The van der Waals surface area contributed by atoms with E-state index in [1.807, 2.05) is 36.4 Å². The zero-order valence-electron chi connectivity index (χ0n) is 10.9. The smallest absolute Gasteiger partial charge is 0.248 e. The number of hydrogen-bond acceptors (Lipinski definition) is 3. The van der Waals surface area contributed by atoms with E-state index < -0.39 is 0 Å². The average Bonchev–Trinajstić information content (AvgIpc) is 2.83. The fourth-order valence-corrected chi connectivity index (χ4v) is 2.99. The average molecular weight is 352 g/mol. The van der Waals surface area contributed by atoms with Gasteiger partial charge in [0.05, 0.1) is 10.4 Å². The number of ether oxygens (including phenoxy) is 1. The minimum Gasteiger partial charge on any atom is -0.380 e. The zero-order valence-corrected chi connectivity index (χ0v) is 13.3. The molecule has 0 unspecified atom stereocenters. The molecule has 104 valence electrons. The molecule has 1 aromatic heterocycles. The lowest BCUT2D eigenvalue weighted by Gasteiger charge is -2.04. The molecular weight excluding hydrogens is 338 g/mol. The van der Waals surface area contributed by atoms with Crippen molar-refractivity contribution in [2.45, 2.75) is 6.61 Å². The van der Waals surface area contributed by atoms with Crippen LogP contribution in [0, 0.1) is 0 Å². The number of carbonyl (C=O) groups is 1. The number of nitrogens with one attached hydrogen (secondary N) is 1. The topological polar surface area (TPSA) is 38.3 Å². The highest BCUT2D eigenvalue weighted by atomic mass is 79.9. The first kappa shape index (κ1) is 15.0. The Bertz CT molecular complexity index is 622. The van der Waals surface area contributed by atoms with Crippen LogP contribution in [-0.2, 0) is 16.1 Å². The number of halogens is 1. The maximum Gasteiger partial charge on any atom is 0.248 e. The predicted molar refractivity (Wildman–Crippen MR) is 86.8 cm³/mol. The highest BCUT2D eigenvalue weighted by Crippen LogP contribution is 2.23. The Hall–Kier alpha value is -1.43. The first-order valence-corrected chi connectivity index (χ1v) is 7.60. The first-order chi connectivity index (χ1) is 9.67. The van der Waals surface area contributed by atoms with Crippen LogP contribution in [-0.4, -0.2) is 13.0 Å². The summed E-state index contributed by atoms with van der Waals surface area (Å²) in [6.07, 6.45) is 3.32. The molecule has 0 radical (unpaired) electrons. The predicted octanol–water partition coefficient (Wildman–Crippen LogP) is 4.31. The van der Waals surface area contributed by atoms with Crippen LogP contribution in [0.4, 0.5) is 5.69 Å². The van der Waals surface area contributed by atoms with Gasteiger partial charge in [-0.25, -0.2) is 0 Å². The first-order valence-electron chi connectivity index (χ1n) is 5.99. The third-order valence-electron chi connectivity index (χ3n) is 2.50. The number of methoxy groups -OCH3 is 1. The van der Waals surface area contributed by atoms with Crippen molar-refractivity contribution in [3.63, 3.8) is 0 Å². The van der Waals surface area contributed by atoms with Crippen molar-refractivity contribution >= 4 is 44.9 Å². The lowest BCUT2D eigenvalue weighted by atomic mass is 10.2. The van der Waals surface area contributed by atoms with E-state index in [-0.39, 0.29) is 5.91 Å². The summed E-state index contributed by atoms with van der Waals surface area (Å²) in [4.78, 5) is 12.9. The normalized spacial score (nSPS) is 10.9. The minimum absolute atomic E-state index is 0.149. The summed E-state index contributed by atoms with van der Waals surface area (Å²) in [5.74, 6) is -0.149. The van der Waals surface area contributed by atoms with E-state index in [9.17, 15) is 4.79 Å². The van der Waals surface area contributed by atoms with Crippen molar-refractivity contribution in [2.75, 3.05) is 12.4 Å². The molecule has 0 spiro atoms. The van der Waals surface area contributed by atoms with Gasteiger partial charge in [0.1, 0.15) is 0 Å². The largest absolute Gasteiger partial charge is 0.380 e. The molecule has 0 aliphatic heterocycles. The van der Waals surface area contributed by atoms with Gasteiger partial charge < -0.3 is 10.1 Å².